The normalized spacial score (nSPS) is 11.2. The van der Waals surface area contributed by atoms with Crippen LogP contribution in [-0.2, 0) is 0 Å². The monoisotopic (exact) mass is 323 g/mol. The topological polar surface area (TPSA) is 83.1 Å². The van der Waals surface area contributed by atoms with Gasteiger partial charge in [-0.25, -0.2) is 4.98 Å². The van der Waals surface area contributed by atoms with E-state index in [4.69, 9.17) is 11.6 Å². The van der Waals surface area contributed by atoms with E-state index < -0.39 is 0 Å². The molecule has 0 aromatic carbocycles. The van der Waals surface area contributed by atoms with Crippen molar-refractivity contribution in [3.63, 3.8) is 0 Å². The number of pyridine rings is 2. The Kier molecular flexibility index (Phi) is 4.04. The van der Waals surface area contributed by atoms with E-state index in [0.717, 1.165) is 0 Å². The standard InChI is InChI=1S/C16H10ClN5O/c17-12-4-5-15-21-9-14(16(23)22(15)10-12)20-8-11(7-18)13-3-1-2-6-19-13/h1-6,8-10,20H/b11-8-. The first-order valence-corrected chi connectivity index (χ1v) is 7.02. The van der Waals surface area contributed by atoms with Crippen molar-refractivity contribution >= 4 is 28.5 Å². The lowest BCUT2D eigenvalue weighted by Crippen LogP contribution is -2.17. The number of nitriles is 1. The van der Waals surface area contributed by atoms with Gasteiger partial charge in [0.25, 0.3) is 5.56 Å². The van der Waals surface area contributed by atoms with E-state index in [1.165, 1.54) is 23.0 Å². The van der Waals surface area contributed by atoms with Gasteiger partial charge >= 0.3 is 0 Å². The van der Waals surface area contributed by atoms with Crippen molar-refractivity contribution in [1.29, 1.82) is 5.26 Å². The van der Waals surface area contributed by atoms with Crippen LogP contribution in [0.1, 0.15) is 5.69 Å². The molecular formula is C16H10ClN5O. The third-order valence-corrected chi connectivity index (χ3v) is 3.32. The van der Waals surface area contributed by atoms with Crippen LogP contribution < -0.4 is 10.9 Å². The summed E-state index contributed by atoms with van der Waals surface area (Å²) < 4.78 is 1.34. The van der Waals surface area contributed by atoms with Gasteiger partial charge in [0.1, 0.15) is 17.4 Å². The third kappa shape index (κ3) is 3.05. The quantitative estimate of drug-likeness (QED) is 0.749. The second-order valence-electron chi connectivity index (χ2n) is 4.58. The first-order valence-electron chi connectivity index (χ1n) is 6.64. The molecule has 0 amide bonds. The minimum atomic E-state index is -0.313. The van der Waals surface area contributed by atoms with Crippen LogP contribution in [0.15, 0.2) is 59.9 Å². The van der Waals surface area contributed by atoms with E-state index in [0.29, 0.717) is 21.9 Å². The van der Waals surface area contributed by atoms with Crippen molar-refractivity contribution in [3.05, 3.63) is 76.2 Å². The van der Waals surface area contributed by atoms with E-state index >= 15 is 0 Å². The molecular weight excluding hydrogens is 314 g/mol. The molecule has 3 aromatic rings. The average Bonchev–Trinajstić information content (AvgIpc) is 2.58. The van der Waals surface area contributed by atoms with Gasteiger partial charge in [-0.3, -0.25) is 14.2 Å². The van der Waals surface area contributed by atoms with Crippen LogP contribution in [0, 0.1) is 11.3 Å². The number of halogens is 1. The Morgan fingerprint density at radius 2 is 2.17 bits per heavy atom. The van der Waals surface area contributed by atoms with Crippen LogP contribution in [0.2, 0.25) is 5.02 Å². The van der Waals surface area contributed by atoms with Gasteiger partial charge in [0.2, 0.25) is 0 Å². The molecule has 6 nitrogen and oxygen atoms in total. The number of anilines is 1. The fourth-order valence-corrected chi connectivity index (χ4v) is 2.15. The van der Waals surface area contributed by atoms with E-state index in [-0.39, 0.29) is 11.2 Å². The van der Waals surface area contributed by atoms with Crippen molar-refractivity contribution in [2.75, 3.05) is 5.32 Å². The van der Waals surface area contributed by atoms with Crippen LogP contribution >= 0.6 is 11.6 Å². The first kappa shape index (κ1) is 14.8. The number of hydrogen-bond acceptors (Lipinski definition) is 5. The molecule has 3 heterocycles. The Morgan fingerprint density at radius 3 is 2.91 bits per heavy atom. The van der Waals surface area contributed by atoms with Crippen LogP contribution in [-0.4, -0.2) is 14.4 Å². The highest BCUT2D eigenvalue weighted by atomic mass is 35.5. The summed E-state index contributed by atoms with van der Waals surface area (Å²) >= 11 is 5.90. The molecule has 0 aliphatic carbocycles. The summed E-state index contributed by atoms with van der Waals surface area (Å²) in [7, 11) is 0. The summed E-state index contributed by atoms with van der Waals surface area (Å²) in [5.74, 6) is 0. The predicted octanol–water partition coefficient (Wildman–Crippen LogP) is 2.72. The molecule has 0 spiro atoms. The maximum absolute atomic E-state index is 12.4. The van der Waals surface area contributed by atoms with Crippen molar-refractivity contribution < 1.29 is 0 Å². The van der Waals surface area contributed by atoms with Crippen molar-refractivity contribution in [2.24, 2.45) is 0 Å². The Hall–Kier alpha value is -3.17. The van der Waals surface area contributed by atoms with Gasteiger partial charge in [0.05, 0.1) is 22.5 Å². The molecule has 3 rings (SSSR count). The number of hydrogen-bond donors (Lipinski definition) is 1. The van der Waals surface area contributed by atoms with Crippen molar-refractivity contribution in [2.45, 2.75) is 0 Å². The Morgan fingerprint density at radius 1 is 1.30 bits per heavy atom. The SMILES string of the molecule is N#C/C(=C/Nc1cnc2ccc(Cl)cn2c1=O)c1ccccn1. The Balaban J connectivity index is 1.99. The lowest BCUT2D eigenvalue weighted by atomic mass is 10.2. The largest absolute Gasteiger partial charge is 0.355 e. The zero-order chi connectivity index (χ0) is 16.2. The summed E-state index contributed by atoms with van der Waals surface area (Å²) in [5, 5.41) is 12.5. The molecule has 0 unspecified atom stereocenters. The molecule has 0 atom stereocenters. The molecule has 0 aliphatic rings. The summed E-state index contributed by atoms with van der Waals surface area (Å²) in [4.78, 5) is 20.7. The molecule has 0 fully saturated rings. The lowest BCUT2D eigenvalue weighted by molar-refractivity contribution is 1.05. The van der Waals surface area contributed by atoms with Gasteiger partial charge in [-0.2, -0.15) is 5.26 Å². The van der Waals surface area contributed by atoms with Gasteiger partial charge in [0.15, 0.2) is 0 Å². The molecule has 0 bridgehead atoms. The Labute approximate surface area is 136 Å². The smallest absolute Gasteiger partial charge is 0.281 e. The minimum absolute atomic E-state index is 0.230. The summed E-state index contributed by atoms with van der Waals surface area (Å²) in [6.45, 7) is 0. The fraction of sp³-hybridized carbons (Fsp3) is 0. The van der Waals surface area contributed by atoms with Gasteiger partial charge in [-0.05, 0) is 24.3 Å². The molecule has 7 heteroatoms. The second-order valence-corrected chi connectivity index (χ2v) is 5.02. The highest BCUT2D eigenvalue weighted by Crippen LogP contribution is 2.12. The molecule has 0 aliphatic heterocycles. The Bertz CT molecular complexity index is 989. The number of allylic oxidation sites excluding steroid dienone is 1. The zero-order valence-corrected chi connectivity index (χ0v) is 12.5. The van der Waals surface area contributed by atoms with Crippen molar-refractivity contribution in [3.8, 4) is 6.07 Å². The zero-order valence-electron chi connectivity index (χ0n) is 11.8. The molecule has 0 saturated carbocycles. The number of aromatic nitrogens is 3. The van der Waals surface area contributed by atoms with Gasteiger partial charge < -0.3 is 5.32 Å². The molecule has 23 heavy (non-hydrogen) atoms. The number of fused-ring (bicyclic) bond motifs is 1. The lowest BCUT2D eigenvalue weighted by Gasteiger charge is -2.05. The first-order chi connectivity index (χ1) is 11.2. The van der Waals surface area contributed by atoms with Crippen LogP contribution in [0.5, 0.6) is 0 Å². The van der Waals surface area contributed by atoms with Gasteiger partial charge in [-0.15, -0.1) is 0 Å². The van der Waals surface area contributed by atoms with E-state index in [9.17, 15) is 10.1 Å². The van der Waals surface area contributed by atoms with Gasteiger partial charge in [-0.1, -0.05) is 17.7 Å². The number of rotatable bonds is 3. The maximum Gasteiger partial charge on any atom is 0.281 e. The highest BCUT2D eigenvalue weighted by Gasteiger charge is 2.06. The molecule has 1 N–H and O–H groups in total. The minimum Gasteiger partial charge on any atom is -0.355 e. The molecule has 112 valence electrons. The maximum atomic E-state index is 12.4. The van der Waals surface area contributed by atoms with E-state index in [1.54, 1.807) is 36.5 Å². The van der Waals surface area contributed by atoms with Crippen LogP contribution in [0.4, 0.5) is 5.69 Å². The summed E-state index contributed by atoms with van der Waals surface area (Å²) in [6.07, 6.45) is 5.92. The van der Waals surface area contributed by atoms with Gasteiger partial charge in [0, 0.05) is 18.6 Å². The van der Waals surface area contributed by atoms with E-state index in [2.05, 4.69) is 15.3 Å². The summed E-state index contributed by atoms with van der Waals surface area (Å²) in [6, 6.07) is 10.6. The molecule has 0 radical (unpaired) electrons. The van der Waals surface area contributed by atoms with Crippen LogP contribution in [0.25, 0.3) is 11.2 Å². The van der Waals surface area contributed by atoms with E-state index in [1.807, 2.05) is 6.07 Å². The third-order valence-electron chi connectivity index (χ3n) is 3.10. The average molecular weight is 324 g/mol. The number of nitrogens with zero attached hydrogens (tertiary/aromatic N) is 4. The molecule has 3 aromatic heterocycles. The number of nitrogens with one attached hydrogen (secondary N) is 1. The van der Waals surface area contributed by atoms with Crippen molar-refractivity contribution in [1.82, 2.24) is 14.4 Å². The fourth-order valence-electron chi connectivity index (χ4n) is 1.99. The predicted molar refractivity (Wildman–Crippen MR) is 87.9 cm³/mol. The summed E-state index contributed by atoms with van der Waals surface area (Å²) in [5.41, 5.74) is 1.22. The highest BCUT2D eigenvalue weighted by molar-refractivity contribution is 6.30. The van der Waals surface area contributed by atoms with Crippen LogP contribution in [0.3, 0.4) is 0 Å². The molecule has 0 saturated heterocycles. The second kappa shape index (κ2) is 6.30.